The molecule has 3 rings (SSSR count). The maximum atomic E-state index is 14.1. The van der Waals surface area contributed by atoms with Crippen molar-refractivity contribution in [3.8, 4) is 16.9 Å². The molecule has 1 heterocycles. The van der Waals surface area contributed by atoms with Gasteiger partial charge in [-0.3, -0.25) is 0 Å². The average Bonchev–Trinajstić information content (AvgIpc) is 2.81. The van der Waals surface area contributed by atoms with Crippen LogP contribution in [0, 0.1) is 0 Å². The number of fused-ring (bicyclic) bond motifs is 1. The molecular formula is C24H18F6O5. The third-order valence-electron chi connectivity index (χ3n) is 4.86. The molecule has 5 nitrogen and oxygen atoms in total. The van der Waals surface area contributed by atoms with Crippen molar-refractivity contribution >= 4 is 16.9 Å². The van der Waals surface area contributed by atoms with E-state index in [1.807, 2.05) is 0 Å². The average molecular weight is 500 g/mol. The Bertz CT molecular complexity index is 1300. The Morgan fingerprint density at radius 2 is 1.57 bits per heavy atom. The van der Waals surface area contributed by atoms with Gasteiger partial charge < -0.3 is 13.9 Å². The van der Waals surface area contributed by atoms with Gasteiger partial charge in [0, 0.05) is 17.0 Å². The van der Waals surface area contributed by atoms with Crippen molar-refractivity contribution in [2.24, 2.45) is 0 Å². The molecule has 0 aliphatic rings. The molecule has 0 spiro atoms. The van der Waals surface area contributed by atoms with Crippen molar-refractivity contribution in [3.05, 3.63) is 77.2 Å². The standard InChI is InChI=1S/C24H18F6O5/c1-14(2)20(31)34-13-23(27,28)24(29,30)22(25,26)12-33-17-9-8-16-10-18(15-6-4-3-5-7-15)21(32)35-19(16)11-17/h3-11H,1,12-13H2,2H3. The molecular weight excluding hydrogens is 482 g/mol. The molecule has 0 saturated carbocycles. The minimum Gasteiger partial charge on any atom is -0.487 e. The van der Waals surface area contributed by atoms with Crippen molar-refractivity contribution < 1.29 is 45.0 Å². The van der Waals surface area contributed by atoms with Gasteiger partial charge in [0.1, 0.15) is 11.3 Å². The van der Waals surface area contributed by atoms with Crippen molar-refractivity contribution in [1.29, 1.82) is 0 Å². The van der Waals surface area contributed by atoms with Crippen molar-refractivity contribution in [1.82, 2.24) is 0 Å². The summed E-state index contributed by atoms with van der Waals surface area (Å²) in [5.41, 5.74) is -0.424. The van der Waals surface area contributed by atoms with Crippen LogP contribution in [0.2, 0.25) is 0 Å². The quantitative estimate of drug-likeness (QED) is 0.159. The monoisotopic (exact) mass is 500 g/mol. The molecule has 2 aromatic carbocycles. The first-order valence-electron chi connectivity index (χ1n) is 9.97. The first-order chi connectivity index (χ1) is 16.2. The van der Waals surface area contributed by atoms with E-state index < -0.39 is 48.3 Å². The Morgan fingerprint density at radius 3 is 2.20 bits per heavy atom. The highest BCUT2D eigenvalue weighted by atomic mass is 19.3. The fraction of sp³-hybridized carbons (Fsp3) is 0.250. The van der Waals surface area contributed by atoms with Crippen LogP contribution >= 0.6 is 0 Å². The molecule has 0 radical (unpaired) electrons. The van der Waals surface area contributed by atoms with Gasteiger partial charge in [-0.2, -0.15) is 26.3 Å². The van der Waals surface area contributed by atoms with Gasteiger partial charge in [0.2, 0.25) is 0 Å². The third-order valence-corrected chi connectivity index (χ3v) is 4.86. The second kappa shape index (κ2) is 9.47. The summed E-state index contributed by atoms with van der Waals surface area (Å²) in [5, 5.41) is 0.374. The highest BCUT2D eigenvalue weighted by Gasteiger charge is 2.72. The predicted molar refractivity (Wildman–Crippen MR) is 114 cm³/mol. The lowest BCUT2D eigenvalue weighted by molar-refractivity contribution is -0.322. The predicted octanol–water partition coefficient (Wildman–Crippen LogP) is 5.86. The molecule has 0 fully saturated rings. The molecule has 186 valence electrons. The van der Waals surface area contributed by atoms with E-state index in [4.69, 9.17) is 4.42 Å². The van der Waals surface area contributed by atoms with Gasteiger partial charge in [-0.25, -0.2) is 9.59 Å². The van der Waals surface area contributed by atoms with E-state index in [1.54, 1.807) is 30.3 Å². The lowest BCUT2D eigenvalue weighted by atomic mass is 10.1. The summed E-state index contributed by atoms with van der Waals surface area (Å²) >= 11 is 0. The summed E-state index contributed by atoms with van der Waals surface area (Å²) in [6, 6.07) is 13.4. The Kier molecular flexibility index (Phi) is 7.00. The van der Waals surface area contributed by atoms with Gasteiger partial charge in [-0.05, 0) is 30.7 Å². The number of hydrogen-bond acceptors (Lipinski definition) is 5. The number of benzene rings is 2. The molecule has 0 atom stereocenters. The second-order valence-electron chi connectivity index (χ2n) is 7.64. The van der Waals surface area contributed by atoms with Crippen LogP contribution in [0.4, 0.5) is 26.3 Å². The molecule has 0 aliphatic heterocycles. The maximum absolute atomic E-state index is 14.1. The first kappa shape index (κ1) is 25.9. The molecule has 11 heteroatoms. The summed E-state index contributed by atoms with van der Waals surface area (Å²) in [6.45, 7) is -0.283. The lowest BCUT2D eigenvalue weighted by Gasteiger charge is -2.32. The maximum Gasteiger partial charge on any atom is 0.378 e. The van der Waals surface area contributed by atoms with Crippen LogP contribution in [0.1, 0.15) is 6.92 Å². The summed E-state index contributed by atoms with van der Waals surface area (Å²) in [7, 11) is 0. The SMILES string of the molecule is C=C(C)C(=O)OCC(F)(F)C(F)(F)C(F)(F)COc1ccc2cc(-c3ccccc3)c(=O)oc2c1. The number of alkyl halides is 6. The summed E-state index contributed by atoms with van der Waals surface area (Å²) in [5.74, 6) is -18.6. The van der Waals surface area contributed by atoms with E-state index in [0.717, 1.165) is 19.1 Å². The summed E-state index contributed by atoms with van der Waals surface area (Å²) in [4.78, 5) is 23.5. The van der Waals surface area contributed by atoms with Gasteiger partial charge >= 0.3 is 29.4 Å². The van der Waals surface area contributed by atoms with Crippen LogP contribution in [0.25, 0.3) is 22.1 Å². The van der Waals surface area contributed by atoms with Crippen molar-refractivity contribution in [2.75, 3.05) is 13.2 Å². The molecule has 0 unspecified atom stereocenters. The minimum atomic E-state index is -5.93. The molecule has 0 saturated heterocycles. The largest absolute Gasteiger partial charge is 0.487 e. The topological polar surface area (TPSA) is 65.7 Å². The van der Waals surface area contributed by atoms with E-state index in [9.17, 15) is 35.9 Å². The van der Waals surface area contributed by atoms with Gasteiger partial charge in [0.05, 0.1) is 5.56 Å². The number of ether oxygens (including phenoxy) is 2. The number of rotatable bonds is 9. The molecule has 0 bridgehead atoms. The summed E-state index contributed by atoms with van der Waals surface area (Å²) in [6.07, 6.45) is 0. The van der Waals surface area contributed by atoms with E-state index >= 15 is 0 Å². The zero-order valence-electron chi connectivity index (χ0n) is 18.1. The van der Waals surface area contributed by atoms with Crippen LogP contribution in [-0.2, 0) is 9.53 Å². The Morgan fingerprint density at radius 1 is 0.943 bits per heavy atom. The van der Waals surface area contributed by atoms with Crippen LogP contribution in [0.5, 0.6) is 5.75 Å². The fourth-order valence-corrected chi connectivity index (χ4v) is 2.90. The van der Waals surface area contributed by atoms with E-state index in [-0.39, 0.29) is 16.7 Å². The number of carbonyl (C=O) groups is 1. The van der Waals surface area contributed by atoms with Gasteiger partial charge in [0.25, 0.3) is 0 Å². The highest BCUT2D eigenvalue weighted by Crippen LogP contribution is 2.46. The van der Waals surface area contributed by atoms with Crippen LogP contribution in [0.15, 0.2) is 76.0 Å². The second-order valence-corrected chi connectivity index (χ2v) is 7.64. The lowest BCUT2D eigenvalue weighted by Crippen LogP contribution is -2.58. The first-order valence-corrected chi connectivity index (χ1v) is 9.97. The van der Waals surface area contributed by atoms with Crippen LogP contribution in [0.3, 0.4) is 0 Å². The molecule has 1 aromatic heterocycles. The Labute approximate surface area is 194 Å². The Balaban J connectivity index is 1.77. The van der Waals surface area contributed by atoms with Crippen LogP contribution in [-0.4, -0.2) is 37.0 Å². The number of carbonyl (C=O) groups excluding carboxylic acids is 1. The minimum absolute atomic E-state index is 0.0979. The normalized spacial score (nSPS) is 12.4. The van der Waals surface area contributed by atoms with Gasteiger partial charge in [-0.15, -0.1) is 0 Å². The third kappa shape index (κ3) is 5.33. The van der Waals surface area contributed by atoms with Gasteiger partial charge in [-0.1, -0.05) is 36.9 Å². The molecule has 0 aliphatic carbocycles. The van der Waals surface area contributed by atoms with Crippen molar-refractivity contribution in [3.63, 3.8) is 0 Å². The molecule has 3 aromatic rings. The molecule has 0 N–H and O–H groups in total. The fourth-order valence-electron chi connectivity index (χ4n) is 2.90. The zero-order chi connectivity index (χ0) is 26.0. The Hall–Kier alpha value is -3.76. The van der Waals surface area contributed by atoms with Gasteiger partial charge in [0.15, 0.2) is 13.2 Å². The van der Waals surface area contributed by atoms with Crippen LogP contribution < -0.4 is 10.4 Å². The molecule has 0 amide bonds. The van der Waals surface area contributed by atoms with Crippen molar-refractivity contribution in [2.45, 2.75) is 24.7 Å². The zero-order valence-corrected chi connectivity index (χ0v) is 18.1. The van der Waals surface area contributed by atoms with E-state index in [2.05, 4.69) is 16.1 Å². The number of hydrogen-bond donors (Lipinski definition) is 0. The summed E-state index contributed by atoms with van der Waals surface area (Å²) < 4.78 is 97.6. The number of esters is 1. The van der Waals surface area contributed by atoms with E-state index in [0.29, 0.717) is 10.9 Å². The van der Waals surface area contributed by atoms with E-state index in [1.165, 1.54) is 12.1 Å². The highest BCUT2D eigenvalue weighted by molar-refractivity contribution is 5.87. The number of halogens is 6. The smallest absolute Gasteiger partial charge is 0.378 e. The molecule has 35 heavy (non-hydrogen) atoms.